The molecular weight excluding hydrogens is 300 g/mol. The predicted molar refractivity (Wildman–Crippen MR) is 79.9 cm³/mol. The molecule has 20 heavy (non-hydrogen) atoms. The SMILES string of the molecule is Cc1ccc(Cl)cc1NC(=O)CNC1CCS(=O)(=O)C1. The lowest BCUT2D eigenvalue weighted by Crippen LogP contribution is -2.36. The monoisotopic (exact) mass is 316 g/mol. The van der Waals surface area contributed by atoms with Crippen LogP contribution in [0.3, 0.4) is 0 Å². The Morgan fingerprint density at radius 2 is 2.20 bits per heavy atom. The summed E-state index contributed by atoms with van der Waals surface area (Å²) in [5.41, 5.74) is 1.59. The molecule has 0 bridgehead atoms. The van der Waals surface area contributed by atoms with Gasteiger partial charge in [0.25, 0.3) is 0 Å². The van der Waals surface area contributed by atoms with Crippen LogP contribution in [0.1, 0.15) is 12.0 Å². The first kappa shape index (κ1) is 15.3. The molecule has 2 N–H and O–H groups in total. The second kappa shape index (κ2) is 6.11. The summed E-state index contributed by atoms with van der Waals surface area (Å²) < 4.78 is 22.6. The standard InChI is InChI=1S/C13H17ClN2O3S/c1-9-2-3-10(14)6-12(9)16-13(17)7-15-11-4-5-20(18,19)8-11/h2-3,6,11,15H,4-5,7-8H2,1H3,(H,16,17). The van der Waals surface area contributed by atoms with Gasteiger partial charge in [-0.25, -0.2) is 8.42 Å². The molecule has 1 unspecified atom stereocenters. The third-order valence-corrected chi connectivity index (χ3v) is 5.26. The molecular formula is C13H17ClN2O3S. The smallest absolute Gasteiger partial charge is 0.238 e. The number of anilines is 1. The zero-order chi connectivity index (χ0) is 14.8. The minimum absolute atomic E-state index is 0.0894. The summed E-state index contributed by atoms with van der Waals surface area (Å²) >= 11 is 5.88. The number of nitrogens with one attached hydrogen (secondary N) is 2. The largest absolute Gasteiger partial charge is 0.325 e. The number of hydrogen-bond acceptors (Lipinski definition) is 4. The van der Waals surface area contributed by atoms with E-state index in [0.717, 1.165) is 5.56 Å². The molecule has 1 heterocycles. The number of halogens is 1. The van der Waals surface area contributed by atoms with Gasteiger partial charge in [0.2, 0.25) is 5.91 Å². The Kier molecular flexibility index (Phi) is 4.67. The van der Waals surface area contributed by atoms with Gasteiger partial charge in [-0.15, -0.1) is 0 Å². The lowest BCUT2D eigenvalue weighted by Gasteiger charge is -2.12. The van der Waals surface area contributed by atoms with Gasteiger partial charge in [0.1, 0.15) is 0 Å². The van der Waals surface area contributed by atoms with Crippen LogP contribution in [-0.2, 0) is 14.6 Å². The summed E-state index contributed by atoms with van der Waals surface area (Å²) in [7, 11) is -2.93. The Balaban J connectivity index is 1.85. The first-order valence-corrected chi connectivity index (χ1v) is 8.55. The van der Waals surface area contributed by atoms with Crippen LogP contribution < -0.4 is 10.6 Å². The van der Waals surface area contributed by atoms with Crippen molar-refractivity contribution in [2.75, 3.05) is 23.4 Å². The quantitative estimate of drug-likeness (QED) is 0.879. The normalized spacial score (nSPS) is 20.8. The lowest BCUT2D eigenvalue weighted by molar-refractivity contribution is -0.115. The maximum absolute atomic E-state index is 11.8. The zero-order valence-corrected chi connectivity index (χ0v) is 12.7. The van der Waals surface area contributed by atoms with E-state index in [0.29, 0.717) is 17.1 Å². The van der Waals surface area contributed by atoms with Crippen molar-refractivity contribution in [3.05, 3.63) is 28.8 Å². The first-order valence-electron chi connectivity index (χ1n) is 6.35. The molecule has 0 spiro atoms. The fraction of sp³-hybridized carbons (Fsp3) is 0.462. The van der Waals surface area contributed by atoms with Crippen LogP contribution in [0.4, 0.5) is 5.69 Å². The molecule has 1 fully saturated rings. The lowest BCUT2D eigenvalue weighted by atomic mass is 10.2. The van der Waals surface area contributed by atoms with Gasteiger partial charge in [0, 0.05) is 16.8 Å². The first-order chi connectivity index (χ1) is 9.35. The molecule has 1 amide bonds. The van der Waals surface area contributed by atoms with Gasteiger partial charge in [0.05, 0.1) is 18.1 Å². The molecule has 1 saturated heterocycles. The highest BCUT2D eigenvalue weighted by Gasteiger charge is 2.27. The number of sulfone groups is 1. The number of hydrogen-bond donors (Lipinski definition) is 2. The van der Waals surface area contributed by atoms with Crippen molar-refractivity contribution in [1.29, 1.82) is 0 Å². The molecule has 0 aromatic heterocycles. The molecule has 1 aliphatic rings. The van der Waals surface area contributed by atoms with Crippen molar-refractivity contribution in [2.45, 2.75) is 19.4 Å². The van der Waals surface area contributed by atoms with E-state index in [2.05, 4.69) is 10.6 Å². The van der Waals surface area contributed by atoms with E-state index in [9.17, 15) is 13.2 Å². The highest BCUT2D eigenvalue weighted by atomic mass is 35.5. The number of aryl methyl sites for hydroxylation is 1. The number of rotatable bonds is 4. The van der Waals surface area contributed by atoms with E-state index < -0.39 is 9.84 Å². The van der Waals surface area contributed by atoms with Gasteiger partial charge in [-0.05, 0) is 31.0 Å². The number of carbonyl (C=O) groups is 1. The highest BCUT2D eigenvalue weighted by Crippen LogP contribution is 2.20. The second-order valence-corrected chi connectivity index (χ2v) is 7.65. The molecule has 1 aromatic rings. The molecule has 2 rings (SSSR count). The summed E-state index contributed by atoms with van der Waals surface area (Å²) in [6.07, 6.45) is 0.561. The summed E-state index contributed by atoms with van der Waals surface area (Å²) in [5.74, 6) is 0.0931. The summed E-state index contributed by atoms with van der Waals surface area (Å²) in [4.78, 5) is 11.8. The topological polar surface area (TPSA) is 75.3 Å². The third-order valence-electron chi connectivity index (χ3n) is 3.26. The van der Waals surface area contributed by atoms with E-state index in [-0.39, 0.29) is 30.0 Å². The van der Waals surface area contributed by atoms with Crippen molar-refractivity contribution >= 4 is 33.0 Å². The van der Waals surface area contributed by atoms with Crippen LogP contribution >= 0.6 is 11.6 Å². The van der Waals surface area contributed by atoms with Crippen LogP contribution in [0.15, 0.2) is 18.2 Å². The van der Waals surface area contributed by atoms with Gasteiger partial charge in [-0.2, -0.15) is 0 Å². The van der Waals surface area contributed by atoms with Crippen LogP contribution in [0, 0.1) is 6.92 Å². The van der Waals surface area contributed by atoms with Crippen molar-refractivity contribution < 1.29 is 13.2 Å². The van der Waals surface area contributed by atoms with E-state index in [1.165, 1.54) is 0 Å². The summed E-state index contributed by atoms with van der Waals surface area (Å²) in [6, 6.07) is 5.14. The van der Waals surface area contributed by atoms with Crippen LogP contribution in [-0.4, -0.2) is 38.4 Å². The van der Waals surface area contributed by atoms with Crippen molar-refractivity contribution in [3.8, 4) is 0 Å². The van der Waals surface area contributed by atoms with Crippen LogP contribution in [0.25, 0.3) is 0 Å². The van der Waals surface area contributed by atoms with E-state index in [4.69, 9.17) is 11.6 Å². The minimum atomic E-state index is -2.93. The Bertz CT molecular complexity index is 616. The van der Waals surface area contributed by atoms with Crippen molar-refractivity contribution in [2.24, 2.45) is 0 Å². The van der Waals surface area contributed by atoms with E-state index >= 15 is 0 Å². The third kappa shape index (κ3) is 4.19. The van der Waals surface area contributed by atoms with E-state index in [1.807, 2.05) is 13.0 Å². The summed E-state index contributed by atoms with van der Waals surface area (Å²) in [6.45, 7) is 1.97. The highest BCUT2D eigenvalue weighted by molar-refractivity contribution is 7.91. The Morgan fingerprint density at radius 1 is 1.45 bits per heavy atom. The van der Waals surface area contributed by atoms with Gasteiger partial charge in [-0.3, -0.25) is 4.79 Å². The fourth-order valence-electron chi connectivity index (χ4n) is 2.12. The van der Waals surface area contributed by atoms with E-state index in [1.54, 1.807) is 12.1 Å². The summed E-state index contributed by atoms with van der Waals surface area (Å²) in [5, 5.41) is 6.28. The molecule has 0 radical (unpaired) electrons. The Hall–Kier alpha value is -1.11. The molecule has 1 atom stereocenters. The maximum atomic E-state index is 11.8. The predicted octanol–water partition coefficient (Wildman–Crippen LogP) is 1.36. The number of amides is 1. The van der Waals surface area contributed by atoms with Crippen molar-refractivity contribution in [3.63, 3.8) is 0 Å². The maximum Gasteiger partial charge on any atom is 0.238 e. The number of carbonyl (C=O) groups excluding carboxylic acids is 1. The van der Waals surface area contributed by atoms with Crippen LogP contribution in [0.5, 0.6) is 0 Å². The minimum Gasteiger partial charge on any atom is -0.325 e. The molecule has 7 heteroatoms. The molecule has 5 nitrogen and oxygen atoms in total. The van der Waals surface area contributed by atoms with Gasteiger partial charge in [-0.1, -0.05) is 17.7 Å². The average Bonchev–Trinajstić information content (AvgIpc) is 2.71. The molecule has 1 aromatic carbocycles. The Morgan fingerprint density at radius 3 is 2.85 bits per heavy atom. The molecule has 0 aliphatic carbocycles. The molecule has 110 valence electrons. The zero-order valence-electron chi connectivity index (χ0n) is 11.1. The molecule has 0 saturated carbocycles. The molecule has 1 aliphatic heterocycles. The van der Waals surface area contributed by atoms with Gasteiger partial charge in [0.15, 0.2) is 9.84 Å². The van der Waals surface area contributed by atoms with Gasteiger partial charge < -0.3 is 10.6 Å². The van der Waals surface area contributed by atoms with Gasteiger partial charge >= 0.3 is 0 Å². The Labute approximate surface area is 123 Å². The van der Waals surface area contributed by atoms with Crippen molar-refractivity contribution in [1.82, 2.24) is 5.32 Å². The average molecular weight is 317 g/mol. The fourth-order valence-corrected chi connectivity index (χ4v) is 4.00. The number of benzene rings is 1. The second-order valence-electron chi connectivity index (χ2n) is 4.99. The van der Waals surface area contributed by atoms with Crippen LogP contribution in [0.2, 0.25) is 5.02 Å².